The highest BCUT2D eigenvalue weighted by atomic mass is 16.5. The van der Waals surface area contributed by atoms with Gasteiger partial charge in [-0.05, 0) is 12.5 Å². The van der Waals surface area contributed by atoms with Crippen molar-refractivity contribution in [3.8, 4) is 6.07 Å². The number of nitriles is 1. The van der Waals surface area contributed by atoms with Crippen molar-refractivity contribution in [2.75, 3.05) is 6.61 Å². The van der Waals surface area contributed by atoms with Gasteiger partial charge in [-0.25, -0.2) is 4.79 Å². The van der Waals surface area contributed by atoms with Crippen LogP contribution in [-0.4, -0.2) is 33.4 Å². The highest BCUT2D eigenvalue weighted by Crippen LogP contribution is 2.33. The van der Waals surface area contributed by atoms with Crippen LogP contribution in [0.5, 0.6) is 0 Å². The molecule has 1 fully saturated rings. The molecule has 0 saturated carbocycles. The molecular weight excluding hydrogens is 336 g/mol. The van der Waals surface area contributed by atoms with Gasteiger partial charge in [-0.3, -0.25) is 14.3 Å². The van der Waals surface area contributed by atoms with Crippen molar-refractivity contribution >= 4 is 0 Å². The third kappa shape index (κ3) is 3.46. The topological polar surface area (TPSA) is 120 Å². The predicted molar refractivity (Wildman–Crippen MR) is 93.2 cm³/mol. The molecule has 8 heteroatoms. The molecule has 1 aliphatic rings. The summed E-state index contributed by atoms with van der Waals surface area (Å²) >= 11 is 0. The molecule has 4 atom stereocenters. The fraction of sp³-hybridized carbons (Fsp3) is 0.389. The van der Waals surface area contributed by atoms with Crippen LogP contribution in [0.4, 0.5) is 0 Å². The molecule has 0 radical (unpaired) electrons. The Kier molecular flexibility index (Phi) is 5.32. The van der Waals surface area contributed by atoms with Crippen LogP contribution in [0.3, 0.4) is 0 Å². The normalized spacial score (nSPS) is 25.1. The van der Waals surface area contributed by atoms with Gasteiger partial charge in [-0.1, -0.05) is 30.3 Å². The number of nitrogens with zero attached hydrogens (tertiary/aromatic N) is 2. The van der Waals surface area contributed by atoms with E-state index < -0.39 is 35.5 Å². The lowest BCUT2D eigenvalue weighted by Crippen LogP contribution is -2.43. The number of aliphatic hydroxyl groups is 1. The average Bonchev–Trinajstić information content (AvgIpc) is 3.01. The Morgan fingerprint density at radius 3 is 2.73 bits per heavy atom. The Morgan fingerprint density at radius 2 is 2.08 bits per heavy atom. The summed E-state index contributed by atoms with van der Waals surface area (Å²) in [6, 6.07) is 11.3. The quantitative estimate of drug-likeness (QED) is 0.695. The second kappa shape index (κ2) is 7.66. The van der Waals surface area contributed by atoms with E-state index in [0.29, 0.717) is 12.1 Å². The van der Waals surface area contributed by atoms with Gasteiger partial charge in [0.2, 0.25) is 0 Å². The summed E-state index contributed by atoms with van der Waals surface area (Å²) in [6.45, 7) is 1.72. The van der Waals surface area contributed by atoms with Gasteiger partial charge in [0.1, 0.15) is 6.10 Å². The van der Waals surface area contributed by atoms with E-state index in [1.807, 2.05) is 30.3 Å². The fourth-order valence-corrected chi connectivity index (χ4v) is 3.15. The largest absolute Gasteiger partial charge is 0.394 e. The Hall–Kier alpha value is -2.73. The van der Waals surface area contributed by atoms with E-state index in [2.05, 4.69) is 16.4 Å². The molecule has 1 aliphatic heterocycles. The molecule has 26 heavy (non-hydrogen) atoms. The molecule has 8 nitrogen and oxygen atoms in total. The maximum absolute atomic E-state index is 12.2. The van der Waals surface area contributed by atoms with Crippen molar-refractivity contribution in [1.82, 2.24) is 14.9 Å². The Labute approximate surface area is 149 Å². The predicted octanol–water partition coefficient (Wildman–Crippen LogP) is 0.0329. The van der Waals surface area contributed by atoms with Crippen molar-refractivity contribution in [2.45, 2.75) is 31.8 Å². The van der Waals surface area contributed by atoms with Crippen LogP contribution in [0.15, 0.2) is 46.1 Å². The summed E-state index contributed by atoms with van der Waals surface area (Å²) in [7, 11) is 0. The zero-order chi connectivity index (χ0) is 18.7. The molecular formula is C18H20N4O4. The van der Waals surface area contributed by atoms with Crippen molar-refractivity contribution in [3.05, 3.63) is 68.5 Å². The van der Waals surface area contributed by atoms with Crippen molar-refractivity contribution in [2.24, 2.45) is 5.92 Å². The van der Waals surface area contributed by atoms with Crippen LogP contribution < -0.4 is 16.6 Å². The summed E-state index contributed by atoms with van der Waals surface area (Å²) in [5.74, 6) is -0.646. The van der Waals surface area contributed by atoms with Gasteiger partial charge >= 0.3 is 5.69 Å². The Balaban J connectivity index is 1.93. The molecule has 2 aromatic rings. The minimum absolute atomic E-state index is 0.338. The number of hydrogen-bond acceptors (Lipinski definition) is 6. The number of hydrogen-bond donors (Lipinski definition) is 3. The van der Waals surface area contributed by atoms with Gasteiger partial charge in [0, 0.05) is 18.3 Å². The lowest BCUT2D eigenvalue weighted by molar-refractivity contribution is -0.0338. The van der Waals surface area contributed by atoms with Crippen LogP contribution in [0.1, 0.15) is 17.4 Å². The number of rotatable bonds is 5. The molecule has 1 aromatic heterocycles. The second-order valence-electron chi connectivity index (χ2n) is 6.27. The number of nitrogens with one attached hydrogen (secondary N) is 2. The van der Waals surface area contributed by atoms with Crippen LogP contribution in [0.25, 0.3) is 0 Å². The molecule has 0 unspecified atom stereocenters. The van der Waals surface area contributed by atoms with Crippen LogP contribution in [-0.2, 0) is 11.3 Å². The number of aromatic amines is 1. The smallest absolute Gasteiger partial charge is 0.330 e. The second-order valence-corrected chi connectivity index (χ2v) is 6.27. The summed E-state index contributed by atoms with van der Waals surface area (Å²) in [5.41, 5.74) is 0.289. The first-order chi connectivity index (χ1) is 12.5. The van der Waals surface area contributed by atoms with E-state index in [0.717, 1.165) is 5.56 Å². The summed E-state index contributed by atoms with van der Waals surface area (Å²) in [4.78, 5) is 26.1. The van der Waals surface area contributed by atoms with Crippen LogP contribution in [0.2, 0.25) is 0 Å². The molecule has 0 spiro atoms. The molecule has 0 bridgehead atoms. The van der Waals surface area contributed by atoms with Gasteiger partial charge < -0.3 is 15.2 Å². The van der Waals surface area contributed by atoms with Crippen LogP contribution in [0, 0.1) is 24.2 Å². The first-order valence-electron chi connectivity index (χ1n) is 8.30. The number of ether oxygens (including phenoxy) is 1. The average molecular weight is 356 g/mol. The molecule has 1 saturated heterocycles. The van der Waals surface area contributed by atoms with E-state index in [9.17, 15) is 20.0 Å². The highest BCUT2D eigenvalue weighted by Gasteiger charge is 2.45. The molecule has 1 aromatic carbocycles. The number of aryl methyl sites for hydroxylation is 1. The third-order valence-electron chi connectivity index (χ3n) is 4.54. The highest BCUT2D eigenvalue weighted by molar-refractivity contribution is 5.15. The minimum atomic E-state index is -0.816. The van der Waals surface area contributed by atoms with Crippen molar-refractivity contribution in [3.63, 3.8) is 0 Å². The monoisotopic (exact) mass is 356 g/mol. The maximum atomic E-state index is 12.2. The zero-order valence-corrected chi connectivity index (χ0v) is 14.3. The molecule has 0 aliphatic carbocycles. The molecule has 136 valence electrons. The SMILES string of the molecule is Cc1cn([C@@H]2O[C@H](CO)[C@H](C#N)[C@H]2NCc2ccccc2)c(=O)[nH]c1=O. The number of aliphatic hydroxyl groups excluding tert-OH is 1. The van der Waals surface area contributed by atoms with Crippen LogP contribution >= 0.6 is 0 Å². The maximum Gasteiger partial charge on any atom is 0.330 e. The summed E-state index contributed by atoms with van der Waals surface area (Å²) < 4.78 is 7.05. The van der Waals surface area contributed by atoms with Gasteiger partial charge in [-0.15, -0.1) is 0 Å². The van der Waals surface area contributed by atoms with E-state index in [1.54, 1.807) is 6.92 Å². The molecule has 0 amide bonds. The van der Waals surface area contributed by atoms with E-state index in [-0.39, 0.29) is 6.61 Å². The Bertz CT molecular complexity index is 915. The third-order valence-corrected chi connectivity index (χ3v) is 4.54. The van der Waals surface area contributed by atoms with E-state index >= 15 is 0 Å². The van der Waals surface area contributed by atoms with Gasteiger partial charge in [-0.2, -0.15) is 5.26 Å². The van der Waals surface area contributed by atoms with E-state index in [1.165, 1.54) is 10.8 Å². The van der Waals surface area contributed by atoms with Crippen molar-refractivity contribution < 1.29 is 9.84 Å². The lowest BCUT2D eigenvalue weighted by atomic mass is 9.97. The van der Waals surface area contributed by atoms with Gasteiger partial charge in [0.15, 0.2) is 6.23 Å². The fourth-order valence-electron chi connectivity index (χ4n) is 3.15. The van der Waals surface area contributed by atoms with Gasteiger partial charge in [0.25, 0.3) is 5.56 Å². The summed E-state index contributed by atoms with van der Waals surface area (Å²) in [6.07, 6.45) is -0.127. The Morgan fingerprint density at radius 1 is 1.35 bits per heavy atom. The molecule has 3 N–H and O–H groups in total. The number of H-pyrrole nitrogens is 1. The minimum Gasteiger partial charge on any atom is -0.394 e. The van der Waals surface area contributed by atoms with E-state index in [4.69, 9.17) is 4.74 Å². The molecule has 2 heterocycles. The zero-order valence-electron chi connectivity index (χ0n) is 14.3. The standard InChI is InChI=1S/C18H20N4O4/c1-11-9-22(18(25)21-16(11)24)17-15(13(7-19)14(10-23)26-17)20-8-12-5-3-2-4-6-12/h2-6,9,13-15,17,20,23H,8,10H2,1H3,(H,21,24,25)/t13-,14+,15+,17+/m0/s1. The van der Waals surface area contributed by atoms with Crippen molar-refractivity contribution in [1.29, 1.82) is 5.26 Å². The summed E-state index contributed by atoms with van der Waals surface area (Å²) in [5, 5.41) is 22.4. The first-order valence-corrected chi connectivity index (χ1v) is 8.30. The number of benzene rings is 1. The number of aromatic nitrogens is 2. The first kappa shape index (κ1) is 18.1. The molecule has 3 rings (SSSR count). The van der Waals surface area contributed by atoms with Gasteiger partial charge in [0.05, 0.1) is 24.6 Å². The lowest BCUT2D eigenvalue weighted by Gasteiger charge is -2.23.